The highest BCUT2D eigenvalue weighted by molar-refractivity contribution is 7.95. The van der Waals surface area contributed by atoms with E-state index in [1.54, 1.807) is 0 Å². The number of benzene rings is 4. The molecule has 51 heavy (non-hydrogen) atoms. The van der Waals surface area contributed by atoms with Crippen LogP contribution in [0.5, 0.6) is 11.5 Å². The van der Waals surface area contributed by atoms with Gasteiger partial charge in [-0.25, -0.2) is 10.5 Å². The minimum atomic E-state index is -5.22. The number of amides is 1. The van der Waals surface area contributed by atoms with E-state index in [1.807, 2.05) is 0 Å². The van der Waals surface area contributed by atoms with Gasteiger partial charge >= 0.3 is 0 Å². The van der Waals surface area contributed by atoms with Gasteiger partial charge in [-0.2, -0.15) is 16.8 Å². The Morgan fingerprint density at radius 2 is 1.37 bits per heavy atom. The lowest BCUT2D eigenvalue weighted by atomic mass is 10.1. The SMILES string of the molecule is CC(=O)Nc1ccc(/N=N/c2c(SOOO)cc3c(S(=O)(=O)O)cc(/N=N/c4ccc([N+](=O)[O-])cc4SOOO)c(O)c3c2O)c(S(=O)(=O)O)c1. The summed E-state index contributed by atoms with van der Waals surface area (Å²) >= 11 is 0.331. The molecule has 0 atom stereocenters. The summed E-state index contributed by atoms with van der Waals surface area (Å²) in [6, 6.07) is 7.48. The van der Waals surface area contributed by atoms with E-state index in [0.29, 0.717) is 6.07 Å². The number of non-ortho nitro benzene ring substituents is 1. The van der Waals surface area contributed by atoms with Gasteiger partial charge in [0.2, 0.25) is 5.91 Å². The average molecular weight is 791 g/mol. The smallest absolute Gasteiger partial charge is 0.296 e. The van der Waals surface area contributed by atoms with Crippen LogP contribution in [0.15, 0.2) is 88.6 Å². The third-order valence-electron chi connectivity index (χ3n) is 6.07. The fourth-order valence-corrected chi connectivity index (χ4v) is 6.38. The van der Waals surface area contributed by atoms with Gasteiger partial charge in [0.25, 0.3) is 25.9 Å². The largest absolute Gasteiger partial charge is 0.505 e. The highest BCUT2D eigenvalue weighted by Crippen LogP contribution is 2.51. The molecule has 4 rings (SSSR count). The molecule has 0 unspecified atom stereocenters. The molecule has 0 bridgehead atoms. The van der Waals surface area contributed by atoms with E-state index in [9.17, 15) is 51.1 Å². The summed E-state index contributed by atoms with van der Waals surface area (Å²) in [7, 11) is -10.2. The Labute approximate surface area is 291 Å². The topological polar surface area (TPSA) is 348 Å². The summed E-state index contributed by atoms with van der Waals surface area (Å²) in [5, 5.41) is 73.8. The van der Waals surface area contributed by atoms with Crippen molar-refractivity contribution in [1.29, 1.82) is 0 Å². The van der Waals surface area contributed by atoms with Gasteiger partial charge in [-0.15, -0.1) is 29.1 Å². The summed E-state index contributed by atoms with van der Waals surface area (Å²) in [5.74, 6) is -2.70. The molecule has 4 aromatic carbocycles. The van der Waals surface area contributed by atoms with Crippen LogP contribution in [0.25, 0.3) is 10.8 Å². The molecule has 23 nitrogen and oxygen atoms in total. The van der Waals surface area contributed by atoms with Crippen LogP contribution in [0.3, 0.4) is 0 Å². The maximum Gasteiger partial charge on any atom is 0.296 e. The van der Waals surface area contributed by atoms with Gasteiger partial charge in [0, 0.05) is 30.1 Å². The van der Waals surface area contributed by atoms with Crippen LogP contribution in [0.2, 0.25) is 0 Å². The zero-order chi connectivity index (χ0) is 37.7. The number of carbonyl (C=O) groups excluding carboxylic acids is 1. The molecular formula is C24H18N6O17S4. The molecule has 0 spiro atoms. The monoisotopic (exact) mass is 790 g/mol. The fraction of sp³-hybridized carbons (Fsp3) is 0.0417. The number of carbonyl (C=O) groups is 1. The van der Waals surface area contributed by atoms with E-state index in [0.717, 1.165) is 43.3 Å². The van der Waals surface area contributed by atoms with Crippen molar-refractivity contribution in [2.75, 3.05) is 5.32 Å². The molecule has 0 aromatic heterocycles. The van der Waals surface area contributed by atoms with Gasteiger partial charge in [0.05, 0.1) is 44.2 Å². The van der Waals surface area contributed by atoms with Gasteiger partial charge in [-0.3, -0.25) is 24.0 Å². The first-order valence-electron chi connectivity index (χ1n) is 12.8. The number of nitro benzene ring substituents is 1. The number of phenolic OH excluding ortho intramolecular Hbond substituents is 2. The maximum atomic E-state index is 12.5. The molecule has 0 saturated heterocycles. The predicted octanol–water partition coefficient (Wildman–Crippen LogP) is 6.30. The molecule has 0 radical (unpaired) electrons. The number of aromatic hydroxyl groups is 2. The number of nitro groups is 1. The average Bonchev–Trinajstić information content (AvgIpc) is 3.04. The van der Waals surface area contributed by atoms with Crippen molar-refractivity contribution in [3.8, 4) is 11.5 Å². The molecule has 270 valence electrons. The number of phenols is 2. The highest BCUT2D eigenvalue weighted by atomic mass is 32.2. The van der Waals surface area contributed by atoms with E-state index >= 15 is 0 Å². The minimum Gasteiger partial charge on any atom is -0.505 e. The number of fused-ring (bicyclic) bond motifs is 1. The number of nitrogens with one attached hydrogen (secondary N) is 1. The zero-order valence-electron chi connectivity index (χ0n) is 24.7. The van der Waals surface area contributed by atoms with Gasteiger partial charge in [-0.1, -0.05) is 10.1 Å². The Kier molecular flexibility index (Phi) is 12.2. The standard InChI is InChI=1S/C24H18N6O17S4/c1-10(31)25-11-2-4-15(20(6-11)51(41,42)43)27-29-22-18(49-47-45-37)8-13-19(50(38,39)40)9-16(23(32)21(13)24(22)33)28-26-14-5-3-12(30(34)35)7-17(14)48-46-44-36/h2-9,32-33,36-37H,1H3,(H,25,31)(H,38,39,40)(H,41,42,43)/b28-26+,29-27+. The summed E-state index contributed by atoms with van der Waals surface area (Å²) in [4.78, 5) is 19.4. The molecule has 0 heterocycles. The molecule has 0 fully saturated rings. The van der Waals surface area contributed by atoms with E-state index in [1.165, 1.54) is 6.07 Å². The highest BCUT2D eigenvalue weighted by Gasteiger charge is 2.27. The number of hydrogen-bond donors (Lipinski definition) is 7. The lowest BCUT2D eigenvalue weighted by molar-refractivity contribution is -0.432. The van der Waals surface area contributed by atoms with Crippen molar-refractivity contribution >= 4 is 95.1 Å². The summed E-state index contributed by atoms with van der Waals surface area (Å²) in [5.41, 5.74) is -2.74. The lowest BCUT2D eigenvalue weighted by Crippen LogP contribution is -2.07. The molecule has 7 N–H and O–H groups in total. The van der Waals surface area contributed by atoms with E-state index in [4.69, 9.17) is 10.5 Å². The van der Waals surface area contributed by atoms with Crippen LogP contribution >= 0.6 is 24.1 Å². The van der Waals surface area contributed by atoms with Crippen LogP contribution in [-0.4, -0.2) is 57.5 Å². The number of rotatable bonds is 14. The molecule has 1 amide bonds. The third-order valence-corrected chi connectivity index (χ3v) is 9.11. The number of anilines is 1. The van der Waals surface area contributed by atoms with Crippen molar-refractivity contribution in [2.24, 2.45) is 20.5 Å². The fourth-order valence-electron chi connectivity index (χ4n) is 4.08. The second-order valence-corrected chi connectivity index (χ2v) is 13.6. The third kappa shape index (κ3) is 9.26. The van der Waals surface area contributed by atoms with E-state index < -0.39 is 90.8 Å². The molecule has 0 saturated carbocycles. The van der Waals surface area contributed by atoms with Crippen LogP contribution in [0.4, 0.5) is 34.1 Å². The molecular weight excluding hydrogens is 773 g/mol. The van der Waals surface area contributed by atoms with Crippen molar-refractivity contribution < 1.29 is 75.1 Å². The van der Waals surface area contributed by atoms with Crippen LogP contribution in [0.1, 0.15) is 6.92 Å². The summed E-state index contributed by atoms with van der Waals surface area (Å²) in [6.07, 6.45) is 0. The van der Waals surface area contributed by atoms with E-state index in [-0.39, 0.29) is 40.4 Å². The number of nitrogens with zero attached hydrogens (tertiary/aromatic N) is 5. The van der Waals surface area contributed by atoms with Crippen molar-refractivity contribution in [2.45, 2.75) is 26.5 Å². The van der Waals surface area contributed by atoms with Crippen LogP contribution in [0, 0.1) is 10.1 Å². The van der Waals surface area contributed by atoms with Gasteiger partial charge < -0.3 is 15.5 Å². The molecule has 0 aliphatic rings. The second kappa shape index (κ2) is 16.0. The Morgan fingerprint density at radius 1 is 0.784 bits per heavy atom. The van der Waals surface area contributed by atoms with E-state index in [2.05, 4.69) is 44.5 Å². The van der Waals surface area contributed by atoms with Crippen molar-refractivity contribution in [1.82, 2.24) is 0 Å². The summed E-state index contributed by atoms with van der Waals surface area (Å²) in [6.45, 7) is 1.13. The first-order valence-corrected chi connectivity index (χ1v) is 17.2. The molecule has 4 aromatic rings. The van der Waals surface area contributed by atoms with Gasteiger partial charge in [-0.05, 0) is 36.4 Å². The molecule has 0 aliphatic carbocycles. The van der Waals surface area contributed by atoms with Gasteiger partial charge in [0.1, 0.15) is 32.5 Å². The Bertz CT molecular complexity index is 2320. The van der Waals surface area contributed by atoms with Crippen LogP contribution in [-0.2, 0) is 43.8 Å². The summed E-state index contributed by atoms with van der Waals surface area (Å²) < 4.78 is 77.6. The normalized spacial score (nSPS) is 12.3. The first-order chi connectivity index (χ1) is 24.0. The Hall–Kier alpha value is -4.91. The van der Waals surface area contributed by atoms with Gasteiger partial charge in [0.15, 0.2) is 11.5 Å². The number of hydrogen-bond acceptors (Lipinski definition) is 21. The maximum absolute atomic E-state index is 12.5. The minimum absolute atomic E-state index is 0.0644. The second-order valence-electron chi connectivity index (χ2n) is 9.31. The molecule has 27 heteroatoms. The lowest BCUT2D eigenvalue weighted by Gasteiger charge is -2.14. The van der Waals surface area contributed by atoms with Crippen molar-refractivity contribution in [3.05, 3.63) is 58.6 Å². The van der Waals surface area contributed by atoms with Crippen molar-refractivity contribution in [3.63, 3.8) is 0 Å². The first kappa shape index (κ1) is 38.9. The molecule has 0 aliphatic heterocycles. The van der Waals surface area contributed by atoms with Crippen LogP contribution < -0.4 is 5.32 Å². The zero-order valence-corrected chi connectivity index (χ0v) is 27.9. The Morgan fingerprint density at radius 3 is 1.96 bits per heavy atom. The Balaban J connectivity index is 1.97. The number of azo groups is 2. The predicted molar refractivity (Wildman–Crippen MR) is 170 cm³/mol. The quantitative estimate of drug-likeness (QED) is 0.0184.